The Kier molecular flexibility index (Phi) is 4.51. The van der Waals surface area contributed by atoms with Gasteiger partial charge in [-0.25, -0.2) is 4.39 Å². The van der Waals surface area contributed by atoms with Gasteiger partial charge in [-0.3, -0.25) is 0 Å². The van der Waals surface area contributed by atoms with Gasteiger partial charge in [0, 0.05) is 13.2 Å². The number of ether oxygens (including phenoxy) is 1. The maximum atomic E-state index is 12.9. The van der Waals surface area contributed by atoms with E-state index in [2.05, 4.69) is 5.32 Å². The van der Waals surface area contributed by atoms with Crippen molar-refractivity contribution >= 4 is 0 Å². The normalized spacial score (nSPS) is 19.8. The molecule has 17 heavy (non-hydrogen) atoms. The van der Waals surface area contributed by atoms with Crippen molar-refractivity contribution in [2.45, 2.75) is 38.8 Å². The molecular formula is C14H20FNO. The Morgan fingerprint density at radius 2 is 2.35 bits per heavy atom. The first kappa shape index (κ1) is 12.5. The van der Waals surface area contributed by atoms with Gasteiger partial charge in [-0.2, -0.15) is 0 Å². The molecule has 3 heteroatoms. The van der Waals surface area contributed by atoms with E-state index in [4.69, 9.17) is 4.74 Å². The maximum Gasteiger partial charge on any atom is 0.123 e. The molecule has 1 aliphatic rings. The molecule has 1 aliphatic heterocycles. The van der Waals surface area contributed by atoms with Crippen LogP contribution in [0.2, 0.25) is 0 Å². The van der Waals surface area contributed by atoms with E-state index in [0.29, 0.717) is 6.10 Å². The highest BCUT2D eigenvalue weighted by Gasteiger charge is 2.14. The van der Waals surface area contributed by atoms with Crippen LogP contribution < -0.4 is 5.32 Å². The monoisotopic (exact) mass is 237 g/mol. The first-order valence-corrected chi connectivity index (χ1v) is 6.33. The minimum Gasteiger partial charge on any atom is -0.378 e. The number of rotatable bonds is 5. The summed E-state index contributed by atoms with van der Waals surface area (Å²) in [5.41, 5.74) is 2.17. The van der Waals surface area contributed by atoms with Crippen LogP contribution in [-0.2, 0) is 11.3 Å². The van der Waals surface area contributed by atoms with E-state index in [1.165, 1.54) is 24.5 Å². The van der Waals surface area contributed by atoms with Gasteiger partial charge in [-0.05, 0) is 56.0 Å². The van der Waals surface area contributed by atoms with Crippen LogP contribution in [0.5, 0.6) is 0 Å². The molecule has 0 saturated carbocycles. The number of hydrogen-bond donors (Lipinski definition) is 1. The van der Waals surface area contributed by atoms with Gasteiger partial charge in [0.05, 0.1) is 6.10 Å². The summed E-state index contributed by atoms with van der Waals surface area (Å²) in [4.78, 5) is 0. The highest BCUT2D eigenvalue weighted by molar-refractivity contribution is 5.26. The molecule has 1 fully saturated rings. The Bertz CT molecular complexity index is 361. The molecule has 2 nitrogen and oxygen atoms in total. The predicted octanol–water partition coefficient (Wildman–Crippen LogP) is 2.79. The molecule has 1 unspecified atom stereocenters. The van der Waals surface area contributed by atoms with Gasteiger partial charge in [0.2, 0.25) is 0 Å². The summed E-state index contributed by atoms with van der Waals surface area (Å²) in [5, 5.41) is 3.39. The van der Waals surface area contributed by atoms with Crippen molar-refractivity contribution < 1.29 is 9.13 Å². The quantitative estimate of drug-likeness (QED) is 0.795. The second-order valence-electron chi connectivity index (χ2n) is 4.67. The minimum absolute atomic E-state index is 0.161. The fourth-order valence-corrected chi connectivity index (χ4v) is 2.22. The van der Waals surface area contributed by atoms with Gasteiger partial charge >= 0.3 is 0 Å². The van der Waals surface area contributed by atoms with Gasteiger partial charge in [-0.15, -0.1) is 0 Å². The molecule has 1 atom stereocenters. The Morgan fingerprint density at radius 3 is 3.06 bits per heavy atom. The molecular weight excluding hydrogens is 217 g/mol. The van der Waals surface area contributed by atoms with E-state index in [-0.39, 0.29) is 5.82 Å². The van der Waals surface area contributed by atoms with Gasteiger partial charge in [-0.1, -0.05) is 6.07 Å². The lowest BCUT2D eigenvalue weighted by molar-refractivity contribution is 0.104. The van der Waals surface area contributed by atoms with Crippen LogP contribution in [0.25, 0.3) is 0 Å². The molecule has 94 valence electrons. The zero-order valence-electron chi connectivity index (χ0n) is 10.3. The molecule has 0 spiro atoms. The average Bonchev–Trinajstić information content (AvgIpc) is 2.79. The van der Waals surface area contributed by atoms with Crippen molar-refractivity contribution in [2.24, 2.45) is 0 Å². The molecule has 1 aromatic rings. The Morgan fingerprint density at radius 1 is 1.47 bits per heavy atom. The van der Waals surface area contributed by atoms with E-state index >= 15 is 0 Å². The summed E-state index contributed by atoms with van der Waals surface area (Å²) in [7, 11) is 0. The van der Waals surface area contributed by atoms with Gasteiger partial charge in [0.15, 0.2) is 0 Å². The van der Waals surface area contributed by atoms with Gasteiger partial charge < -0.3 is 10.1 Å². The lowest BCUT2D eigenvalue weighted by atomic mass is 10.1. The highest BCUT2D eigenvalue weighted by atomic mass is 19.1. The smallest absolute Gasteiger partial charge is 0.123 e. The molecule has 0 radical (unpaired) electrons. The Balaban J connectivity index is 1.70. The SMILES string of the molecule is Cc1cc(F)ccc1CNCCC1CCCO1. The molecule has 2 rings (SSSR count). The Hall–Kier alpha value is -0.930. The lowest BCUT2D eigenvalue weighted by Crippen LogP contribution is -2.20. The van der Waals surface area contributed by atoms with Crippen LogP contribution in [0, 0.1) is 12.7 Å². The highest BCUT2D eigenvalue weighted by Crippen LogP contribution is 2.14. The van der Waals surface area contributed by atoms with Crippen LogP contribution in [0.15, 0.2) is 18.2 Å². The fourth-order valence-electron chi connectivity index (χ4n) is 2.22. The predicted molar refractivity (Wildman–Crippen MR) is 66.4 cm³/mol. The molecule has 0 aromatic heterocycles. The Labute approximate surface area is 102 Å². The first-order chi connectivity index (χ1) is 8.25. The second-order valence-corrected chi connectivity index (χ2v) is 4.67. The minimum atomic E-state index is -0.161. The van der Waals surface area contributed by atoms with Crippen molar-refractivity contribution in [2.75, 3.05) is 13.2 Å². The molecule has 1 N–H and O–H groups in total. The summed E-state index contributed by atoms with van der Waals surface area (Å²) in [6.45, 7) is 4.63. The van der Waals surface area contributed by atoms with Crippen molar-refractivity contribution in [1.29, 1.82) is 0 Å². The number of halogens is 1. The molecule has 0 aliphatic carbocycles. The number of nitrogens with one attached hydrogen (secondary N) is 1. The third-order valence-corrected chi connectivity index (χ3v) is 3.29. The summed E-state index contributed by atoms with van der Waals surface area (Å²) >= 11 is 0. The number of benzene rings is 1. The summed E-state index contributed by atoms with van der Waals surface area (Å²) in [6, 6.07) is 4.95. The average molecular weight is 237 g/mol. The van der Waals surface area contributed by atoms with E-state index in [9.17, 15) is 4.39 Å². The summed E-state index contributed by atoms with van der Waals surface area (Å²) in [6.07, 6.45) is 3.90. The summed E-state index contributed by atoms with van der Waals surface area (Å²) < 4.78 is 18.5. The topological polar surface area (TPSA) is 21.3 Å². The largest absolute Gasteiger partial charge is 0.378 e. The summed E-state index contributed by atoms with van der Waals surface area (Å²) in [5.74, 6) is -0.161. The lowest BCUT2D eigenvalue weighted by Gasteiger charge is -2.11. The van der Waals surface area contributed by atoms with E-state index in [1.54, 1.807) is 6.07 Å². The third-order valence-electron chi connectivity index (χ3n) is 3.29. The van der Waals surface area contributed by atoms with Gasteiger partial charge in [0.1, 0.15) is 5.82 Å². The first-order valence-electron chi connectivity index (χ1n) is 6.33. The third kappa shape index (κ3) is 3.79. The zero-order chi connectivity index (χ0) is 12.1. The number of aryl methyl sites for hydroxylation is 1. The van der Waals surface area contributed by atoms with Crippen LogP contribution >= 0.6 is 0 Å². The molecule has 0 bridgehead atoms. The maximum absolute atomic E-state index is 12.9. The van der Waals surface area contributed by atoms with E-state index in [1.807, 2.05) is 13.0 Å². The van der Waals surface area contributed by atoms with Crippen molar-refractivity contribution in [3.05, 3.63) is 35.1 Å². The van der Waals surface area contributed by atoms with Crippen LogP contribution in [0.1, 0.15) is 30.4 Å². The molecule has 0 amide bonds. The fraction of sp³-hybridized carbons (Fsp3) is 0.571. The van der Waals surface area contributed by atoms with E-state index < -0.39 is 0 Å². The number of hydrogen-bond acceptors (Lipinski definition) is 2. The van der Waals surface area contributed by atoms with Crippen molar-refractivity contribution in [1.82, 2.24) is 5.32 Å². The molecule has 1 heterocycles. The van der Waals surface area contributed by atoms with Crippen LogP contribution in [0.3, 0.4) is 0 Å². The van der Waals surface area contributed by atoms with Crippen molar-refractivity contribution in [3.8, 4) is 0 Å². The standard InChI is InChI=1S/C14H20FNO/c1-11-9-13(15)5-4-12(11)10-16-7-6-14-3-2-8-17-14/h4-5,9,14,16H,2-3,6-8,10H2,1H3. The van der Waals surface area contributed by atoms with Crippen molar-refractivity contribution in [3.63, 3.8) is 0 Å². The van der Waals surface area contributed by atoms with E-state index in [0.717, 1.165) is 31.7 Å². The zero-order valence-corrected chi connectivity index (χ0v) is 10.3. The van der Waals surface area contributed by atoms with Crippen LogP contribution in [-0.4, -0.2) is 19.3 Å². The van der Waals surface area contributed by atoms with Crippen LogP contribution in [0.4, 0.5) is 4.39 Å². The second kappa shape index (κ2) is 6.12. The molecule has 1 aromatic carbocycles. The van der Waals surface area contributed by atoms with Gasteiger partial charge in [0.25, 0.3) is 0 Å². The molecule has 1 saturated heterocycles.